The van der Waals surface area contributed by atoms with Gasteiger partial charge in [-0.05, 0) is 37.0 Å². The SMILES string of the molecule is Cc1ccc(C(=O)CC(=O)C2CC2)c(Cl)c1CN1CCS/C1=N\C#N. The lowest BCUT2D eigenvalue weighted by atomic mass is 9.98. The van der Waals surface area contributed by atoms with E-state index in [1.165, 1.54) is 11.8 Å². The van der Waals surface area contributed by atoms with Gasteiger partial charge < -0.3 is 4.90 Å². The Hall–Kier alpha value is -1.84. The Morgan fingerprint density at radius 1 is 1.44 bits per heavy atom. The van der Waals surface area contributed by atoms with Gasteiger partial charge in [-0.1, -0.05) is 29.4 Å². The summed E-state index contributed by atoms with van der Waals surface area (Å²) in [7, 11) is 0. The van der Waals surface area contributed by atoms with E-state index in [2.05, 4.69) is 4.99 Å². The number of hydrogen-bond donors (Lipinski definition) is 0. The standard InChI is InChI=1S/C18H18ClN3O2S/c1-11-2-5-13(16(24)8-15(23)12-3-4-12)17(19)14(11)9-22-6-7-25-18(22)21-10-20/h2,5,12H,3-4,6-9H2,1H3/b21-18-. The normalized spacial score (nSPS) is 18.4. The molecule has 1 aromatic carbocycles. The molecule has 0 unspecified atom stereocenters. The van der Waals surface area contributed by atoms with Crippen LogP contribution >= 0.6 is 23.4 Å². The molecule has 0 spiro atoms. The molecule has 0 radical (unpaired) electrons. The maximum Gasteiger partial charge on any atom is 0.208 e. The number of ketones is 2. The Labute approximate surface area is 156 Å². The summed E-state index contributed by atoms with van der Waals surface area (Å²) in [6.45, 7) is 3.21. The quantitative estimate of drug-likeness (QED) is 0.431. The second-order valence-electron chi connectivity index (χ2n) is 6.33. The van der Waals surface area contributed by atoms with Crippen LogP contribution in [0.4, 0.5) is 0 Å². The first-order chi connectivity index (χ1) is 12.0. The largest absolute Gasteiger partial charge is 0.345 e. The fourth-order valence-corrected chi connectivity index (χ4v) is 4.16. The molecule has 0 bridgehead atoms. The molecular formula is C18H18ClN3O2S. The van der Waals surface area contributed by atoms with Crippen LogP contribution in [0.3, 0.4) is 0 Å². The molecule has 1 saturated carbocycles. The zero-order valence-corrected chi connectivity index (χ0v) is 15.5. The molecule has 1 aromatic rings. The summed E-state index contributed by atoms with van der Waals surface area (Å²) in [6, 6.07) is 3.56. The Bertz CT molecular complexity index is 796. The average Bonchev–Trinajstić information content (AvgIpc) is 3.34. The Morgan fingerprint density at radius 3 is 2.88 bits per heavy atom. The number of rotatable bonds is 6. The lowest BCUT2D eigenvalue weighted by Gasteiger charge is -2.20. The zero-order valence-electron chi connectivity index (χ0n) is 13.9. The number of amidine groups is 1. The molecule has 3 rings (SSSR count). The summed E-state index contributed by atoms with van der Waals surface area (Å²) >= 11 is 8.05. The molecule has 5 nitrogen and oxygen atoms in total. The molecule has 130 valence electrons. The molecule has 1 saturated heterocycles. The van der Waals surface area contributed by atoms with Crippen LogP contribution in [0.1, 0.15) is 40.7 Å². The van der Waals surface area contributed by atoms with Gasteiger partial charge in [-0.3, -0.25) is 9.59 Å². The summed E-state index contributed by atoms with van der Waals surface area (Å²) in [5.41, 5.74) is 2.23. The third-order valence-electron chi connectivity index (χ3n) is 4.50. The molecule has 1 aliphatic heterocycles. The van der Waals surface area contributed by atoms with Crippen molar-refractivity contribution in [1.29, 1.82) is 5.26 Å². The number of hydrogen-bond acceptors (Lipinski definition) is 5. The van der Waals surface area contributed by atoms with E-state index in [1.54, 1.807) is 6.07 Å². The summed E-state index contributed by atoms with van der Waals surface area (Å²) < 4.78 is 0. The number of thioether (sulfide) groups is 1. The van der Waals surface area contributed by atoms with Gasteiger partial charge in [0.25, 0.3) is 0 Å². The third-order valence-corrected chi connectivity index (χ3v) is 5.93. The molecule has 1 heterocycles. The second-order valence-corrected chi connectivity index (χ2v) is 7.77. The van der Waals surface area contributed by atoms with E-state index in [9.17, 15) is 9.59 Å². The number of carbonyl (C=O) groups is 2. The first-order valence-electron chi connectivity index (χ1n) is 8.19. The molecule has 0 N–H and O–H groups in total. The minimum absolute atomic E-state index is 0.0163. The first-order valence-corrected chi connectivity index (χ1v) is 9.56. The van der Waals surface area contributed by atoms with Gasteiger partial charge in [-0.25, -0.2) is 0 Å². The third kappa shape index (κ3) is 4.05. The number of benzene rings is 1. The number of nitriles is 1. The lowest BCUT2D eigenvalue weighted by Crippen LogP contribution is -2.24. The van der Waals surface area contributed by atoms with Crippen molar-refractivity contribution in [3.05, 3.63) is 33.8 Å². The second kappa shape index (κ2) is 7.59. The molecule has 0 atom stereocenters. The predicted molar refractivity (Wildman–Crippen MR) is 98.8 cm³/mol. The van der Waals surface area contributed by atoms with Crippen molar-refractivity contribution in [1.82, 2.24) is 4.90 Å². The van der Waals surface area contributed by atoms with Gasteiger partial charge in [0.2, 0.25) is 6.19 Å². The topological polar surface area (TPSA) is 73.5 Å². The van der Waals surface area contributed by atoms with E-state index in [4.69, 9.17) is 16.9 Å². The van der Waals surface area contributed by atoms with Crippen LogP contribution < -0.4 is 0 Å². The van der Waals surface area contributed by atoms with Crippen molar-refractivity contribution in [2.45, 2.75) is 32.7 Å². The highest BCUT2D eigenvalue weighted by Gasteiger charge is 2.31. The number of nitrogens with zero attached hydrogens (tertiary/aromatic N) is 3. The van der Waals surface area contributed by atoms with Crippen molar-refractivity contribution in [2.24, 2.45) is 10.9 Å². The minimum atomic E-state index is -0.218. The zero-order chi connectivity index (χ0) is 18.0. The summed E-state index contributed by atoms with van der Waals surface area (Å²) in [5.74, 6) is 0.734. The Kier molecular flexibility index (Phi) is 5.45. The van der Waals surface area contributed by atoms with Gasteiger partial charge in [-0.2, -0.15) is 5.26 Å². The first kappa shape index (κ1) is 18.0. The van der Waals surface area contributed by atoms with Gasteiger partial charge in [0.15, 0.2) is 11.0 Å². The van der Waals surface area contributed by atoms with Crippen molar-refractivity contribution < 1.29 is 9.59 Å². The monoisotopic (exact) mass is 375 g/mol. The highest BCUT2D eigenvalue weighted by Crippen LogP contribution is 2.33. The van der Waals surface area contributed by atoms with Gasteiger partial charge in [0.1, 0.15) is 5.78 Å². The molecule has 2 aliphatic rings. The summed E-state index contributed by atoms with van der Waals surface area (Å²) in [4.78, 5) is 30.2. The van der Waals surface area contributed by atoms with Crippen LogP contribution in [0.2, 0.25) is 5.02 Å². The van der Waals surface area contributed by atoms with Crippen LogP contribution in [-0.4, -0.2) is 33.9 Å². The molecule has 7 heteroatoms. The van der Waals surface area contributed by atoms with E-state index in [-0.39, 0.29) is 23.9 Å². The van der Waals surface area contributed by atoms with Crippen LogP contribution in [0.25, 0.3) is 0 Å². The highest BCUT2D eigenvalue weighted by molar-refractivity contribution is 8.14. The Balaban J connectivity index is 1.82. The molecule has 2 fully saturated rings. The molecule has 0 amide bonds. The fraction of sp³-hybridized carbons (Fsp3) is 0.444. The molecule has 0 aromatic heterocycles. The number of halogens is 1. The van der Waals surface area contributed by atoms with Crippen LogP contribution in [-0.2, 0) is 11.3 Å². The van der Waals surface area contributed by atoms with Crippen molar-refractivity contribution >= 4 is 40.1 Å². The summed E-state index contributed by atoms with van der Waals surface area (Å²) in [5, 5.41) is 9.87. The number of carbonyl (C=O) groups excluding carboxylic acids is 2. The van der Waals surface area contributed by atoms with Gasteiger partial charge >= 0.3 is 0 Å². The van der Waals surface area contributed by atoms with Crippen molar-refractivity contribution in [3.8, 4) is 6.19 Å². The van der Waals surface area contributed by atoms with Gasteiger partial charge in [0, 0.05) is 30.3 Å². The Morgan fingerprint density at radius 2 is 2.20 bits per heavy atom. The van der Waals surface area contributed by atoms with E-state index >= 15 is 0 Å². The maximum atomic E-state index is 12.5. The van der Waals surface area contributed by atoms with Crippen molar-refractivity contribution in [3.63, 3.8) is 0 Å². The summed E-state index contributed by atoms with van der Waals surface area (Å²) in [6.07, 6.45) is 3.54. The fourth-order valence-electron chi connectivity index (χ4n) is 2.85. The average molecular weight is 376 g/mol. The van der Waals surface area contributed by atoms with E-state index in [1.807, 2.05) is 24.1 Å². The number of Topliss-reactive ketones (excluding diaryl/α,β-unsaturated/α-hetero) is 2. The van der Waals surface area contributed by atoms with Crippen LogP contribution in [0.15, 0.2) is 17.1 Å². The van der Waals surface area contributed by atoms with E-state index in [0.29, 0.717) is 22.3 Å². The van der Waals surface area contributed by atoms with Gasteiger partial charge in [0.05, 0.1) is 11.4 Å². The molecule has 25 heavy (non-hydrogen) atoms. The van der Waals surface area contributed by atoms with Crippen molar-refractivity contribution in [2.75, 3.05) is 12.3 Å². The smallest absolute Gasteiger partial charge is 0.208 e. The predicted octanol–water partition coefficient (Wildman–Crippen LogP) is 3.59. The molecular weight excluding hydrogens is 358 g/mol. The van der Waals surface area contributed by atoms with E-state index in [0.717, 1.165) is 36.3 Å². The van der Waals surface area contributed by atoms with E-state index < -0.39 is 0 Å². The highest BCUT2D eigenvalue weighted by atomic mass is 35.5. The lowest BCUT2D eigenvalue weighted by molar-refractivity contribution is -0.119. The van der Waals surface area contributed by atoms with Gasteiger partial charge in [-0.15, -0.1) is 4.99 Å². The number of aliphatic imine (C=N–C) groups is 1. The van der Waals surface area contributed by atoms with Crippen LogP contribution in [0, 0.1) is 24.3 Å². The minimum Gasteiger partial charge on any atom is -0.345 e. The molecule has 1 aliphatic carbocycles. The van der Waals surface area contributed by atoms with Crippen LogP contribution in [0.5, 0.6) is 0 Å². The maximum absolute atomic E-state index is 12.5. The number of aryl methyl sites for hydroxylation is 1.